The van der Waals surface area contributed by atoms with Gasteiger partial charge in [0.05, 0.1) is 13.7 Å². The molecule has 2 heterocycles. The van der Waals surface area contributed by atoms with E-state index < -0.39 is 0 Å². The average molecular weight is 295 g/mol. The fourth-order valence-corrected chi connectivity index (χ4v) is 2.81. The van der Waals surface area contributed by atoms with Gasteiger partial charge < -0.3 is 21.1 Å². The number of nitrogens with two attached hydrogens (primary N) is 1. The van der Waals surface area contributed by atoms with Gasteiger partial charge in [0.15, 0.2) is 5.75 Å². The van der Waals surface area contributed by atoms with E-state index in [1.165, 1.54) is 18.4 Å². The second-order valence-corrected chi connectivity index (χ2v) is 5.00. The van der Waals surface area contributed by atoms with Crippen molar-refractivity contribution in [1.29, 1.82) is 0 Å². The molecule has 0 saturated carbocycles. The van der Waals surface area contributed by atoms with Crippen LogP contribution in [0.15, 0.2) is 18.5 Å². The van der Waals surface area contributed by atoms with Crippen LogP contribution < -0.4 is 21.1 Å². The predicted molar refractivity (Wildman–Crippen MR) is 79.4 cm³/mol. The Morgan fingerprint density at radius 2 is 2.40 bits per heavy atom. The number of carbonyl (C=O) groups excluding carboxylic acids is 1. The second kappa shape index (κ2) is 6.29. The van der Waals surface area contributed by atoms with Crippen LogP contribution in [0.3, 0.4) is 0 Å². The Bertz CT molecular complexity index is 579. The minimum absolute atomic E-state index is 0.217. The molecule has 0 aromatic carbocycles. The van der Waals surface area contributed by atoms with Crippen molar-refractivity contribution < 1.29 is 9.53 Å². The van der Waals surface area contributed by atoms with E-state index in [0.717, 1.165) is 5.00 Å². The molecule has 2 aromatic rings. The van der Waals surface area contributed by atoms with Gasteiger partial charge in [-0.3, -0.25) is 9.48 Å². The molecule has 4 N–H and O–H groups in total. The van der Waals surface area contributed by atoms with Crippen molar-refractivity contribution in [3.05, 3.63) is 23.3 Å². The molecule has 0 saturated heterocycles. The summed E-state index contributed by atoms with van der Waals surface area (Å²) in [6.45, 7) is 1.37. The first-order valence-electron chi connectivity index (χ1n) is 6.07. The minimum atomic E-state index is -0.217. The summed E-state index contributed by atoms with van der Waals surface area (Å²) in [7, 11) is 3.10. The third kappa shape index (κ3) is 2.85. The monoisotopic (exact) mass is 295 g/mol. The maximum Gasteiger partial charge on any atom is 0.263 e. The number of carbonyl (C=O) groups is 1. The maximum atomic E-state index is 11.7. The van der Waals surface area contributed by atoms with Gasteiger partial charge in [-0.2, -0.15) is 5.10 Å². The van der Waals surface area contributed by atoms with Crippen LogP contribution in [-0.2, 0) is 6.54 Å². The van der Waals surface area contributed by atoms with Crippen LogP contribution in [0.25, 0.3) is 0 Å². The number of methoxy groups -OCH3 is 1. The number of aromatic nitrogens is 2. The lowest BCUT2D eigenvalue weighted by Gasteiger charge is -2.07. The van der Waals surface area contributed by atoms with Crippen LogP contribution in [0.2, 0.25) is 0 Å². The number of nitrogens with zero attached hydrogens (tertiary/aromatic N) is 2. The molecule has 108 valence electrons. The standard InChI is InChI=1S/C12H17N5O2S/c1-14-11(18)10-8(13)9(19-2)12(20-10)15-5-7-17-6-3-4-16-17/h3-4,6,15H,5,7,13H2,1-2H3,(H,14,18). The average Bonchev–Trinajstić information content (AvgIpc) is 3.06. The molecular formula is C12H17N5O2S. The van der Waals surface area contributed by atoms with Crippen LogP contribution in [0.5, 0.6) is 5.75 Å². The Labute approximate surface area is 120 Å². The quantitative estimate of drug-likeness (QED) is 0.739. The third-order valence-electron chi connectivity index (χ3n) is 2.72. The van der Waals surface area contributed by atoms with Crippen molar-refractivity contribution in [3.8, 4) is 5.75 Å². The van der Waals surface area contributed by atoms with E-state index in [2.05, 4.69) is 15.7 Å². The van der Waals surface area contributed by atoms with E-state index in [-0.39, 0.29) is 5.91 Å². The van der Waals surface area contributed by atoms with Crippen LogP contribution in [-0.4, -0.2) is 36.4 Å². The van der Waals surface area contributed by atoms with Crippen molar-refractivity contribution in [2.24, 2.45) is 0 Å². The van der Waals surface area contributed by atoms with Crippen molar-refractivity contribution in [2.45, 2.75) is 6.54 Å². The molecule has 1 amide bonds. The molecular weight excluding hydrogens is 278 g/mol. The molecule has 8 heteroatoms. The van der Waals surface area contributed by atoms with Gasteiger partial charge >= 0.3 is 0 Å². The molecule has 20 heavy (non-hydrogen) atoms. The van der Waals surface area contributed by atoms with Gasteiger partial charge in [0, 0.05) is 26.0 Å². The fraction of sp³-hybridized carbons (Fsp3) is 0.333. The van der Waals surface area contributed by atoms with E-state index in [9.17, 15) is 4.79 Å². The molecule has 0 aliphatic carbocycles. The highest BCUT2D eigenvalue weighted by atomic mass is 32.1. The minimum Gasteiger partial charge on any atom is -0.492 e. The molecule has 0 radical (unpaired) electrons. The van der Waals surface area contributed by atoms with Gasteiger partial charge in [0.25, 0.3) is 5.91 Å². The Morgan fingerprint density at radius 3 is 3.00 bits per heavy atom. The summed E-state index contributed by atoms with van der Waals surface area (Å²) in [4.78, 5) is 12.1. The lowest BCUT2D eigenvalue weighted by atomic mass is 10.3. The van der Waals surface area contributed by atoms with Gasteiger partial charge in [-0.05, 0) is 6.07 Å². The summed E-state index contributed by atoms with van der Waals surface area (Å²) in [5, 5.41) is 10.6. The topological polar surface area (TPSA) is 94.2 Å². The molecule has 0 unspecified atom stereocenters. The predicted octanol–water partition coefficient (Wildman–Crippen LogP) is 1.01. The van der Waals surface area contributed by atoms with Crippen LogP contribution in [0.4, 0.5) is 10.7 Å². The highest BCUT2D eigenvalue weighted by Crippen LogP contribution is 2.42. The number of ether oxygens (including phenoxy) is 1. The molecule has 0 atom stereocenters. The number of rotatable bonds is 6. The zero-order valence-corrected chi connectivity index (χ0v) is 12.2. The maximum absolute atomic E-state index is 11.7. The SMILES string of the molecule is CNC(=O)c1sc(NCCn2cccn2)c(OC)c1N. The fourth-order valence-electron chi connectivity index (χ4n) is 1.75. The van der Waals surface area contributed by atoms with Gasteiger partial charge in [0.1, 0.15) is 15.6 Å². The normalized spacial score (nSPS) is 10.3. The molecule has 0 fully saturated rings. The largest absolute Gasteiger partial charge is 0.492 e. The van der Waals surface area contributed by atoms with Crippen LogP contribution in [0, 0.1) is 0 Å². The molecule has 0 aliphatic heterocycles. The number of anilines is 2. The number of hydrogen-bond acceptors (Lipinski definition) is 6. The summed E-state index contributed by atoms with van der Waals surface area (Å²) < 4.78 is 7.08. The smallest absolute Gasteiger partial charge is 0.263 e. The number of thiophene rings is 1. The molecule has 0 spiro atoms. The molecule has 0 aliphatic rings. The summed E-state index contributed by atoms with van der Waals surface area (Å²) in [5.74, 6) is 0.292. The Kier molecular flexibility index (Phi) is 4.46. The molecule has 2 rings (SSSR count). The number of hydrogen-bond donors (Lipinski definition) is 3. The lowest BCUT2D eigenvalue weighted by molar-refractivity contribution is 0.0967. The van der Waals surface area contributed by atoms with E-state index >= 15 is 0 Å². The van der Waals surface area contributed by atoms with Gasteiger partial charge in [0.2, 0.25) is 0 Å². The zero-order valence-electron chi connectivity index (χ0n) is 11.3. The van der Waals surface area contributed by atoms with Crippen molar-refractivity contribution in [1.82, 2.24) is 15.1 Å². The summed E-state index contributed by atoms with van der Waals surface area (Å²) in [5.41, 5.74) is 6.28. The van der Waals surface area contributed by atoms with Gasteiger partial charge in [-0.25, -0.2) is 0 Å². The molecule has 2 aromatic heterocycles. The van der Waals surface area contributed by atoms with Crippen molar-refractivity contribution in [3.63, 3.8) is 0 Å². The number of nitrogen functional groups attached to an aromatic ring is 1. The third-order valence-corrected chi connectivity index (χ3v) is 3.87. The van der Waals surface area contributed by atoms with E-state index in [1.54, 1.807) is 13.2 Å². The van der Waals surface area contributed by atoms with Crippen LogP contribution >= 0.6 is 11.3 Å². The Balaban J connectivity index is 2.08. The van der Waals surface area contributed by atoms with E-state index in [4.69, 9.17) is 10.5 Å². The van der Waals surface area contributed by atoms with E-state index in [1.807, 2.05) is 16.9 Å². The van der Waals surface area contributed by atoms with Crippen molar-refractivity contribution in [2.75, 3.05) is 31.8 Å². The number of amides is 1. The first kappa shape index (κ1) is 14.2. The van der Waals surface area contributed by atoms with Gasteiger partial charge in [-0.1, -0.05) is 0 Å². The Morgan fingerprint density at radius 1 is 1.60 bits per heavy atom. The first-order valence-corrected chi connectivity index (χ1v) is 6.88. The second-order valence-electron chi connectivity index (χ2n) is 3.98. The summed E-state index contributed by atoms with van der Waals surface area (Å²) in [6, 6.07) is 1.87. The number of nitrogens with one attached hydrogen (secondary N) is 2. The van der Waals surface area contributed by atoms with Crippen LogP contribution in [0.1, 0.15) is 9.67 Å². The summed E-state index contributed by atoms with van der Waals surface area (Å²) >= 11 is 1.28. The highest BCUT2D eigenvalue weighted by Gasteiger charge is 2.20. The highest BCUT2D eigenvalue weighted by molar-refractivity contribution is 7.19. The van der Waals surface area contributed by atoms with Crippen molar-refractivity contribution >= 4 is 27.9 Å². The molecule has 0 bridgehead atoms. The molecule has 7 nitrogen and oxygen atoms in total. The first-order chi connectivity index (χ1) is 9.67. The zero-order chi connectivity index (χ0) is 14.5. The van der Waals surface area contributed by atoms with E-state index in [0.29, 0.717) is 29.4 Å². The Hall–Kier alpha value is -2.22. The van der Waals surface area contributed by atoms with Gasteiger partial charge in [-0.15, -0.1) is 11.3 Å². The lowest BCUT2D eigenvalue weighted by Crippen LogP contribution is -2.17. The summed E-state index contributed by atoms with van der Waals surface area (Å²) in [6.07, 6.45) is 3.62.